The molecule has 1 heterocycles. The number of ether oxygens (including phenoxy) is 3. The number of nitrogens with zero attached hydrogens (tertiary/aromatic N) is 3. The molecule has 0 spiro atoms. The molecule has 3 aromatic rings. The number of methoxy groups -OCH3 is 3. The van der Waals surface area contributed by atoms with Crippen molar-refractivity contribution < 1.29 is 19.0 Å². The standard InChI is InChI=1S/C23H24N4O4S/c1-15(26-27-22(28)17-7-9-20(30-3)21(13-17)31-4)16-6-8-19(29-2)18(12-16)14-32-23-24-10-5-11-25-23/h5-13H,14H2,1-4H3,(H,27,28)/b26-15+. The summed E-state index contributed by atoms with van der Waals surface area (Å²) in [6.07, 6.45) is 3.42. The zero-order valence-electron chi connectivity index (χ0n) is 18.3. The van der Waals surface area contributed by atoms with Crippen LogP contribution in [-0.4, -0.2) is 42.9 Å². The molecule has 8 nitrogen and oxygen atoms in total. The largest absolute Gasteiger partial charge is 0.496 e. The third-order valence-electron chi connectivity index (χ3n) is 4.57. The lowest BCUT2D eigenvalue weighted by molar-refractivity contribution is 0.0954. The number of carbonyl (C=O) groups excluding carboxylic acids is 1. The molecule has 32 heavy (non-hydrogen) atoms. The van der Waals surface area contributed by atoms with Gasteiger partial charge in [-0.3, -0.25) is 4.79 Å². The van der Waals surface area contributed by atoms with Gasteiger partial charge in [-0.2, -0.15) is 5.10 Å². The van der Waals surface area contributed by atoms with Gasteiger partial charge in [0.2, 0.25) is 0 Å². The number of aromatic nitrogens is 2. The number of carbonyl (C=O) groups is 1. The molecule has 0 bridgehead atoms. The average Bonchev–Trinajstić information content (AvgIpc) is 2.85. The van der Waals surface area contributed by atoms with Crippen LogP contribution < -0.4 is 19.6 Å². The lowest BCUT2D eigenvalue weighted by Gasteiger charge is -2.11. The highest BCUT2D eigenvalue weighted by Gasteiger charge is 2.12. The molecule has 3 rings (SSSR count). The van der Waals surface area contributed by atoms with E-state index < -0.39 is 0 Å². The Labute approximate surface area is 191 Å². The zero-order valence-corrected chi connectivity index (χ0v) is 19.1. The second-order valence-electron chi connectivity index (χ2n) is 6.55. The highest BCUT2D eigenvalue weighted by Crippen LogP contribution is 2.28. The molecule has 1 amide bonds. The summed E-state index contributed by atoms with van der Waals surface area (Å²) in [7, 11) is 4.69. The van der Waals surface area contributed by atoms with Gasteiger partial charge >= 0.3 is 0 Å². The Hall–Kier alpha value is -3.59. The molecule has 9 heteroatoms. The molecule has 0 aliphatic heterocycles. The quantitative estimate of drug-likeness (QED) is 0.227. The van der Waals surface area contributed by atoms with Crippen LogP contribution in [0, 0.1) is 0 Å². The number of nitrogens with one attached hydrogen (secondary N) is 1. The van der Waals surface area contributed by atoms with Crippen LogP contribution in [0.3, 0.4) is 0 Å². The maximum atomic E-state index is 12.5. The number of hydrazone groups is 1. The second kappa shape index (κ2) is 11.1. The highest BCUT2D eigenvalue weighted by molar-refractivity contribution is 7.98. The van der Waals surface area contributed by atoms with E-state index in [2.05, 4.69) is 20.5 Å². The van der Waals surface area contributed by atoms with E-state index in [0.29, 0.717) is 33.7 Å². The number of thioether (sulfide) groups is 1. The topological polar surface area (TPSA) is 94.9 Å². The van der Waals surface area contributed by atoms with Crippen LogP contribution in [0.4, 0.5) is 0 Å². The van der Waals surface area contributed by atoms with Crippen LogP contribution >= 0.6 is 11.8 Å². The van der Waals surface area contributed by atoms with E-state index in [-0.39, 0.29) is 5.91 Å². The number of hydrogen-bond acceptors (Lipinski definition) is 8. The predicted molar refractivity (Wildman–Crippen MR) is 124 cm³/mol. The molecule has 0 atom stereocenters. The van der Waals surface area contributed by atoms with Crippen molar-refractivity contribution in [3.05, 3.63) is 71.5 Å². The van der Waals surface area contributed by atoms with Gasteiger partial charge in [0.05, 0.1) is 27.0 Å². The zero-order chi connectivity index (χ0) is 22.9. The van der Waals surface area contributed by atoms with Crippen molar-refractivity contribution >= 4 is 23.4 Å². The number of benzene rings is 2. The Morgan fingerprint density at radius 1 is 0.938 bits per heavy atom. The van der Waals surface area contributed by atoms with Gasteiger partial charge in [-0.05, 0) is 55.0 Å². The Kier molecular flexibility index (Phi) is 8.04. The molecule has 0 radical (unpaired) electrons. The second-order valence-corrected chi connectivity index (χ2v) is 7.50. The van der Waals surface area contributed by atoms with Crippen molar-refractivity contribution in [2.24, 2.45) is 5.10 Å². The number of rotatable bonds is 9. The van der Waals surface area contributed by atoms with E-state index in [0.717, 1.165) is 16.9 Å². The van der Waals surface area contributed by atoms with E-state index >= 15 is 0 Å². The minimum atomic E-state index is -0.351. The maximum Gasteiger partial charge on any atom is 0.271 e. The number of hydrogen-bond donors (Lipinski definition) is 1. The van der Waals surface area contributed by atoms with Crippen molar-refractivity contribution in [3.8, 4) is 17.2 Å². The van der Waals surface area contributed by atoms with Gasteiger partial charge < -0.3 is 14.2 Å². The highest BCUT2D eigenvalue weighted by atomic mass is 32.2. The van der Waals surface area contributed by atoms with E-state index in [1.54, 1.807) is 50.9 Å². The van der Waals surface area contributed by atoms with Gasteiger partial charge in [0.15, 0.2) is 16.7 Å². The van der Waals surface area contributed by atoms with Gasteiger partial charge in [0.25, 0.3) is 5.91 Å². The summed E-state index contributed by atoms with van der Waals surface area (Å²) < 4.78 is 15.9. The average molecular weight is 453 g/mol. The third kappa shape index (κ3) is 5.76. The van der Waals surface area contributed by atoms with E-state index in [1.807, 2.05) is 25.1 Å². The summed E-state index contributed by atoms with van der Waals surface area (Å²) in [5, 5.41) is 4.94. The SMILES string of the molecule is COc1ccc(/C(C)=N/NC(=O)c2ccc(OC)c(OC)c2)cc1CSc1ncccn1. The molecule has 0 saturated heterocycles. The van der Waals surface area contributed by atoms with Gasteiger partial charge in [-0.15, -0.1) is 0 Å². The molecular weight excluding hydrogens is 428 g/mol. The lowest BCUT2D eigenvalue weighted by atomic mass is 10.1. The summed E-state index contributed by atoms with van der Waals surface area (Å²) >= 11 is 1.51. The molecular formula is C23H24N4O4S. The Morgan fingerprint density at radius 2 is 1.59 bits per heavy atom. The van der Waals surface area contributed by atoms with Gasteiger partial charge in [-0.25, -0.2) is 15.4 Å². The first kappa shape index (κ1) is 23.1. The fraction of sp³-hybridized carbons (Fsp3) is 0.217. The molecule has 1 aromatic heterocycles. The maximum absolute atomic E-state index is 12.5. The van der Waals surface area contributed by atoms with Crippen LogP contribution in [0.1, 0.15) is 28.4 Å². The minimum Gasteiger partial charge on any atom is -0.496 e. The fourth-order valence-corrected chi connectivity index (χ4v) is 3.64. The first-order chi connectivity index (χ1) is 15.5. The molecule has 166 valence electrons. The lowest BCUT2D eigenvalue weighted by Crippen LogP contribution is -2.19. The van der Waals surface area contributed by atoms with Crippen molar-refractivity contribution in [2.45, 2.75) is 17.8 Å². The summed E-state index contributed by atoms with van der Waals surface area (Å²) in [6, 6.07) is 12.5. The summed E-state index contributed by atoms with van der Waals surface area (Å²) in [5.74, 6) is 2.07. The summed E-state index contributed by atoms with van der Waals surface area (Å²) in [5.41, 5.74) is 5.49. The van der Waals surface area contributed by atoms with E-state index in [1.165, 1.54) is 18.9 Å². The van der Waals surface area contributed by atoms with Crippen LogP contribution in [0.25, 0.3) is 0 Å². The number of amides is 1. The molecule has 0 fully saturated rings. The van der Waals surface area contributed by atoms with Crippen LogP contribution in [-0.2, 0) is 5.75 Å². The van der Waals surface area contributed by atoms with Crippen LogP contribution in [0.2, 0.25) is 0 Å². The molecule has 0 saturated carbocycles. The first-order valence-electron chi connectivity index (χ1n) is 9.69. The van der Waals surface area contributed by atoms with E-state index in [4.69, 9.17) is 14.2 Å². The third-order valence-corrected chi connectivity index (χ3v) is 5.49. The van der Waals surface area contributed by atoms with Crippen LogP contribution in [0.5, 0.6) is 17.2 Å². The first-order valence-corrected chi connectivity index (χ1v) is 10.7. The molecule has 1 N–H and O–H groups in total. The smallest absolute Gasteiger partial charge is 0.271 e. The van der Waals surface area contributed by atoms with Crippen molar-refractivity contribution in [1.82, 2.24) is 15.4 Å². The normalized spacial score (nSPS) is 11.1. The van der Waals surface area contributed by atoms with Gasteiger partial charge in [-0.1, -0.05) is 11.8 Å². The van der Waals surface area contributed by atoms with Crippen LogP contribution in [0.15, 0.2) is 65.1 Å². The van der Waals surface area contributed by atoms with Crippen molar-refractivity contribution in [3.63, 3.8) is 0 Å². The molecule has 0 unspecified atom stereocenters. The Bertz CT molecular complexity index is 1110. The Balaban J connectivity index is 1.73. The monoisotopic (exact) mass is 452 g/mol. The summed E-state index contributed by atoms with van der Waals surface area (Å²) in [6.45, 7) is 1.83. The summed E-state index contributed by atoms with van der Waals surface area (Å²) in [4.78, 5) is 21.0. The molecule has 0 aliphatic rings. The molecule has 0 aliphatic carbocycles. The van der Waals surface area contributed by atoms with Crippen molar-refractivity contribution in [1.29, 1.82) is 0 Å². The minimum absolute atomic E-state index is 0.351. The van der Waals surface area contributed by atoms with Crippen molar-refractivity contribution in [2.75, 3.05) is 21.3 Å². The van der Waals surface area contributed by atoms with Gasteiger partial charge in [0, 0.05) is 29.3 Å². The molecule has 2 aromatic carbocycles. The van der Waals surface area contributed by atoms with Gasteiger partial charge in [0.1, 0.15) is 5.75 Å². The predicted octanol–water partition coefficient (Wildman–Crippen LogP) is 3.95. The Morgan fingerprint density at radius 3 is 2.28 bits per heavy atom. The fourth-order valence-electron chi connectivity index (χ4n) is 2.86. The van der Waals surface area contributed by atoms with E-state index in [9.17, 15) is 4.79 Å².